The Kier molecular flexibility index (Phi) is 4.54. The van der Waals surface area contributed by atoms with E-state index in [9.17, 15) is 4.79 Å². The molecule has 0 aliphatic carbocycles. The van der Waals surface area contributed by atoms with Crippen LogP contribution >= 0.6 is 11.3 Å². The van der Waals surface area contributed by atoms with Gasteiger partial charge in [-0.15, -0.1) is 11.3 Å². The number of amides is 1. The zero-order valence-corrected chi connectivity index (χ0v) is 8.69. The van der Waals surface area contributed by atoms with Crippen LogP contribution in [0.2, 0.25) is 0 Å². The topological polar surface area (TPSA) is 29.1 Å². The summed E-state index contributed by atoms with van der Waals surface area (Å²) in [6, 6.07) is 3.86. The molecule has 1 heterocycles. The fourth-order valence-corrected chi connectivity index (χ4v) is 1.72. The Labute approximate surface area is 83.0 Å². The van der Waals surface area contributed by atoms with Crippen LogP contribution in [0.5, 0.6) is 0 Å². The zero-order chi connectivity index (χ0) is 9.52. The van der Waals surface area contributed by atoms with Gasteiger partial charge in [0.15, 0.2) is 0 Å². The van der Waals surface area contributed by atoms with Crippen LogP contribution in [0.3, 0.4) is 0 Å². The first-order valence-corrected chi connectivity index (χ1v) is 5.54. The smallest absolute Gasteiger partial charge is 0.224 e. The van der Waals surface area contributed by atoms with E-state index in [1.807, 2.05) is 17.5 Å². The number of thiophene rings is 1. The minimum atomic E-state index is 0.135. The van der Waals surface area contributed by atoms with Crippen molar-refractivity contribution in [3.8, 4) is 0 Å². The summed E-state index contributed by atoms with van der Waals surface area (Å²) in [7, 11) is 0. The lowest BCUT2D eigenvalue weighted by molar-refractivity contribution is -0.116. The van der Waals surface area contributed by atoms with Crippen LogP contribution < -0.4 is 5.32 Å². The minimum Gasteiger partial charge on any atom is -0.318 e. The lowest BCUT2D eigenvalue weighted by Gasteiger charge is -2.00. The first-order valence-electron chi connectivity index (χ1n) is 4.66. The van der Waals surface area contributed by atoms with Crippen molar-refractivity contribution in [2.75, 3.05) is 5.32 Å². The molecule has 0 saturated carbocycles. The highest BCUT2D eigenvalue weighted by Crippen LogP contribution is 2.15. The van der Waals surface area contributed by atoms with E-state index < -0.39 is 0 Å². The second kappa shape index (κ2) is 5.75. The first-order chi connectivity index (χ1) is 6.33. The molecule has 72 valence electrons. The van der Waals surface area contributed by atoms with Gasteiger partial charge in [0, 0.05) is 6.42 Å². The van der Waals surface area contributed by atoms with Crippen molar-refractivity contribution in [3.05, 3.63) is 17.5 Å². The Morgan fingerprint density at radius 3 is 3.00 bits per heavy atom. The molecule has 13 heavy (non-hydrogen) atoms. The summed E-state index contributed by atoms with van der Waals surface area (Å²) in [5, 5.41) is 5.77. The molecule has 0 spiro atoms. The summed E-state index contributed by atoms with van der Waals surface area (Å²) in [5.74, 6) is 0.135. The van der Waals surface area contributed by atoms with Crippen LogP contribution in [0.15, 0.2) is 17.5 Å². The number of anilines is 1. The molecule has 1 rings (SSSR count). The summed E-state index contributed by atoms with van der Waals surface area (Å²) in [6.07, 6.45) is 3.93. The molecule has 1 N–H and O–H groups in total. The van der Waals surface area contributed by atoms with E-state index in [0.29, 0.717) is 6.42 Å². The Bertz CT molecular complexity index is 243. The molecule has 3 heteroatoms. The average molecular weight is 197 g/mol. The molecule has 0 atom stereocenters. The molecule has 0 aliphatic heterocycles. The van der Waals surface area contributed by atoms with E-state index in [1.54, 1.807) is 11.3 Å². The lowest BCUT2D eigenvalue weighted by atomic mass is 10.2. The van der Waals surface area contributed by atoms with Crippen molar-refractivity contribution in [1.29, 1.82) is 0 Å². The minimum absolute atomic E-state index is 0.135. The largest absolute Gasteiger partial charge is 0.318 e. The van der Waals surface area contributed by atoms with E-state index in [0.717, 1.165) is 24.3 Å². The highest BCUT2D eigenvalue weighted by atomic mass is 32.1. The van der Waals surface area contributed by atoms with Gasteiger partial charge in [0.25, 0.3) is 0 Å². The highest BCUT2D eigenvalue weighted by molar-refractivity contribution is 7.14. The molecule has 0 fully saturated rings. The molecule has 1 aromatic rings. The number of rotatable bonds is 5. The summed E-state index contributed by atoms with van der Waals surface area (Å²) in [5.41, 5.74) is 0. The molecule has 0 aliphatic rings. The normalized spacial score (nSPS) is 9.92. The van der Waals surface area contributed by atoms with E-state index in [2.05, 4.69) is 12.2 Å². The first kappa shape index (κ1) is 10.3. The fraction of sp³-hybridized carbons (Fsp3) is 0.500. The van der Waals surface area contributed by atoms with Gasteiger partial charge in [-0.25, -0.2) is 0 Å². The molecule has 0 saturated heterocycles. The summed E-state index contributed by atoms with van der Waals surface area (Å²) in [6.45, 7) is 2.14. The fourth-order valence-electron chi connectivity index (χ4n) is 1.09. The van der Waals surface area contributed by atoms with Crippen molar-refractivity contribution in [2.45, 2.75) is 32.6 Å². The van der Waals surface area contributed by atoms with Crippen LogP contribution in [-0.4, -0.2) is 5.91 Å². The van der Waals surface area contributed by atoms with Gasteiger partial charge in [0.05, 0.1) is 5.00 Å². The van der Waals surface area contributed by atoms with Crippen LogP contribution in [0.4, 0.5) is 5.00 Å². The number of hydrogen-bond acceptors (Lipinski definition) is 2. The molecule has 2 nitrogen and oxygen atoms in total. The maximum Gasteiger partial charge on any atom is 0.224 e. The summed E-state index contributed by atoms with van der Waals surface area (Å²) in [4.78, 5) is 11.3. The van der Waals surface area contributed by atoms with Gasteiger partial charge in [-0.3, -0.25) is 4.79 Å². The molecule has 0 bridgehead atoms. The van der Waals surface area contributed by atoms with E-state index in [-0.39, 0.29) is 5.91 Å². The summed E-state index contributed by atoms with van der Waals surface area (Å²) < 4.78 is 0. The quantitative estimate of drug-likeness (QED) is 0.721. The van der Waals surface area contributed by atoms with Gasteiger partial charge >= 0.3 is 0 Å². The van der Waals surface area contributed by atoms with Gasteiger partial charge in [0.1, 0.15) is 0 Å². The van der Waals surface area contributed by atoms with Gasteiger partial charge in [-0.1, -0.05) is 19.8 Å². The number of nitrogens with one attached hydrogen (secondary N) is 1. The lowest BCUT2D eigenvalue weighted by Crippen LogP contribution is -2.09. The third-order valence-electron chi connectivity index (χ3n) is 1.79. The van der Waals surface area contributed by atoms with Crippen LogP contribution in [0, 0.1) is 0 Å². The highest BCUT2D eigenvalue weighted by Gasteiger charge is 2.01. The van der Waals surface area contributed by atoms with Gasteiger partial charge in [0.2, 0.25) is 5.91 Å². The van der Waals surface area contributed by atoms with Crippen molar-refractivity contribution < 1.29 is 4.79 Å². The number of hydrogen-bond donors (Lipinski definition) is 1. The van der Waals surface area contributed by atoms with Crippen molar-refractivity contribution in [1.82, 2.24) is 0 Å². The maximum atomic E-state index is 11.3. The zero-order valence-electron chi connectivity index (χ0n) is 7.88. The maximum absolute atomic E-state index is 11.3. The number of unbranched alkanes of at least 4 members (excludes halogenated alkanes) is 2. The molecular formula is C10H15NOS. The molecular weight excluding hydrogens is 182 g/mol. The van der Waals surface area contributed by atoms with Crippen LogP contribution in [0.25, 0.3) is 0 Å². The molecule has 1 amide bonds. The second-order valence-corrected chi connectivity index (χ2v) is 3.93. The average Bonchev–Trinajstić information content (AvgIpc) is 2.57. The monoisotopic (exact) mass is 197 g/mol. The Morgan fingerprint density at radius 2 is 2.38 bits per heavy atom. The van der Waals surface area contributed by atoms with Crippen molar-refractivity contribution in [2.24, 2.45) is 0 Å². The second-order valence-electron chi connectivity index (χ2n) is 2.98. The van der Waals surface area contributed by atoms with Gasteiger partial charge in [-0.2, -0.15) is 0 Å². The molecule has 0 radical (unpaired) electrons. The Hall–Kier alpha value is -0.830. The number of carbonyl (C=O) groups is 1. The van der Waals surface area contributed by atoms with Crippen LogP contribution in [0.1, 0.15) is 32.6 Å². The molecule has 0 aromatic carbocycles. The number of carbonyl (C=O) groups excluding carboxylic acids is 1. The Balaban J connectivity index is 2.18. The standard InChI is InChI=1S/C10H15NOS/c1-2-3-4-6-9(12)11-10-7-5-8-13-10/h5,7-8H,2-4,6H2,1H3,(H,11,12). The third-order valence-corrected chi connectivity index (χ3v) is 2.58. The third kappa shape index (κ3) is 4.08. The molecule has 1 aromatic heterocycles. The van der Waals surface area contributed by atoms with Crippen LogP contribution in [-0.2, 0) is 4.79 Å². The Morgan fingerprint density at radius 1 is 1.54 bits per heavy atom. The predicted octanol–water partition coefficient (Wildman–Crippen LogP) is 3.27. The summed E-state index contributed by atoms with van der Waals surface area (Å²) >= 11 is 1.56. The van der Waals surface area contributed by atoms with E-state index >= 15 is 0 Å². The van der Waals surface area contributed by atoms with E-state index in [4.69, 9.17) is 0 Å². The van der Waals surface area contributed by atoms with Gasteiger partial charge < -0.3 is 5.32 Å². The van der Waals surface area contributed by atoms with Crippen molar-refractivity contribution in [3.63, 3.8) is 0 Å². The van der Waals surface area contributed by atoms with E-state index in [1.165, 1.54) is 0 Å². The predicted molar refractivity (Wildman–Crippen MR) is 57.1 cm³/mol. The molecule has 0 unspecified atom stereocenters. The van der Waals surface area contributed by atoms with Crippen molar-refractivity contribution >= 4 is 22.2 Å². The SMILES string of the molecule is CCCCCC(=O)Nc1cccs1. The van der Waals surface area contributed by atoms with Gasteiger partial charge in [-0.05, 0) is 23.9 Å².